The number of hydrogen-bond acceptors (Lipinski definition) is 4. The van der Waals surface area contributed by atoms with Crippen LogP contribution in [0.5, 0.6) is 0 Å². The molecule has 0 aliphatic heterocycles. The fourth-order valence-corrected chi connectivity index (χ4v) is 1.64. The first-order valence-electron chi connectivity index (χ1n) is 5.35. The molecule has 0 aromatic heterocycles. The van der Waals surface area contributed by atoms with Crippen LogP contribution in [-0.2, 0) is 14.4 Å². The molecule has 4 heteroatoms. The van der Waals surface area contributed by atoms with E-state index in [2.05, 4.69) is 0 Å². The second-order valence-electron chi connectivity index (χ2n) is 3.81. The van der Waals surface area contributed by atoms with Gasteiger partial charge in [-0.3, -0.25) is 14.4 Å². The molecule has 4 nitrogen and oxygen atoms in total. The number of aliphatic hydroxyl groups excluding tert-OH is 1. The molecular weight excluding hydrogens is 232 g/mol. The topological polar surface area (TPSA) is 71.4 Å². The van der Waals surface area contributed by atoms with Crippen LogP contribution in [0.1, 0.15) is 11.7 Å². The third-order valence-corrected chi connectivity index (χ3v) is 2.61. The predicted octanol–water partition coefficient (Wildman–Crippen LogP) is 0.923. The van der Waals surface area contributed by atoms with Crippen molar-refractivity contribution in [2.24, 2.45) is 0 Å². The zero-order chi connectivity index (χ0) is 13.1. The van der Waals surface area contributed by atoms with E-state index in [0.717, 1.165) is 6.08 Å². The third kappa shape index (κ3) is 2.19. The number of carbonyl (C=O) groups is 3. The highest BCUT2D eigenvalue weighted by atomic mass is 16.3. The number of ketones is 3. The van der Waals surface area contributed by atoms with Crippen LogP contribution in [0, 0.1) is 0 Å². The second-order valence-corrected chi connectivity index (χ2v) is 3.81. The lowest BCUT2D eigenvalue weighted by atomic mass is 9.93. The molecule has 1 atom stereocenters. The summed E-state index contributed by atoms with van der Waals surface area (Å²) in [6.45, 7) is 0. The fraction of sp³-hybridized carbons (Fsp3) is 0.0714. The molecule has 0 saturated heterocycles. The quantitative estimate of drug-likeness (QED) is 0.486. The van der Waals surface area contributed by atoms with Gasteiger partial charge in [0.05, 0.1) is 5.57 Å². The van der Waals surface area contributed by atoms with Crippen LogP contribution in [0.25, 0.3) is 0 Å². The lowest BCUT2D eigenvalue weighted by Gasteiger charge is -2.12. The minimum Gasteiger partial charge on any atom is -0.380 e. The van der Waals surface area contributed by atoms with Gasteiger partial charge >= 0.3 is 0 Å². The van der Waals surface area contributed by atoms with Gasteiger partial charge in [-0.2, -0.15) is 0 Å². The standard InChI is InChI=1S/C14H10O4/c15-11-8-4-7-10(13(11)17)14(18)12(16)9-5-2-1-3-6-9/h1-8,12,16H. The molecule has 1 aromatic rings. The highest BCUT2D eigenvalue weighted by Gasteiger charge is 2.29. The van der Waals surface area contributed by atoms with Crippen molar-refractivity contribution in [1.82, 2.24) is 0 Å². The number of aliphatic hydroxyl groups is 1. The van der Waals surface area contributed by atoms with Crippen LogP contribution >= 0.6 is 0 Å². The Hall–Kier alpha value is -2.33. The summed E-state index contributed by atoms with van der Waals surface area (Å²) >= 11 is 0. The fourth-order valence-electron chi connectivity index (χ4n) is 1.64. The van der Waals surface area contributed by atoms with Crippen LogP contribution in [0.15, 0.2) is 54.1 Å². The smallest absolute Gasteiger partial charge is 0.236 e. The van der Waals surface area contributed by atoms with Gasteiger partial charge in [0, 0.05) is 0 Å². The molecule has 0 fully saturated rings. The molecule has 1 unspecified atom stereocenters. The summed E-state index contributed by atoms with van der Waals surface area (Å²) < 4.78 is 0. The zero-order valence-corrected chi connectivity index (χ0v) is 9.37. The van der Waals surface area contributed by atoms with Crippen molar-refractivity contribution in [2.45, 2.75) is 6.10 Å². The summed E-state index contributed by atoms with van der Waals surface area (Å²) in [5.41, 5.74) is 0.108. The summed E-state index contributed by atoms with van der Waals surface area (Å²) in [6, 6.07) is 8.25. The number of allylic oxidation sites excluding steroid dienone is 3. The van der Waals surface area contributed by atoms with Gasteiger partial charge < -0.3 is 5.11 Å². The van der Waals surface area contributed by atoms with E-state index in [4.69, 9.17) is 0 Å². The number of benzene rings is 1. The third-order valence-electron chi connectivity index (χ3n) is 2.61. The van der Waals surface area contributed by atoms with Crippen LogP contribution in [0.3, 0.4) is 0 Å². The molecule has 2 rings (SSSR count). The maximum absolute atomic E-state index is 11.9. The van der Waals surface area contributed by atoms with Gasteiger partial charge in [-0.25, -0.2) is 0 Å². The van der Waals surface area contributed by atoms with Gasteiger partial charge in [0.25, 0.3) is 0 Å². The van der Waals surface area contributed by atoms with Crippen molar-refractivity contribution in [3.63, 3.8) is 0 Å². The number of hydrogen-bond donors (Lipinski definition) is 1. The highest BCUT2D eigenvalue weighted by Crippen LogP contribution is 2.19. The predicted molar refractivity (Wildman–Crippen MR) is 63.6 cm³/mol. The largest absolute Gasteiger partial charge is 0.380 e. The normalized spacial score (nSPS) is 16.4. The molecule has 0 spiro atoms. The van der Waals surface area contributed by atoms with Gasteiger partial charge in [-0.15, -0.1) is 0 Å². The molecule has 0 radical (unpaired) electrons. The average Bonchev–Trinajstić information content (AvgIpc) is 2.41. The highest BCUT2D eigenvalue weighted by molar-refractivity contribution is 6.53. The van der Waals surface area contributed by atoms with Gasteiger partial charge in [-0.1, -0.05) is 36.4 Å². The Bertz CT molecular complexity index is 567. The van der Waals surface area contributed by atoms with Gasteiger partial charge in [0.15, 0.2) is 5.78 Å². The van der Waals surface area contributed by atoms with E-state index < -0.39 is 23.5 Å². The first kappa shape index (κ1) is 12.1. The summed E-state index contributed by atoms with van der Waals surface area (Å²) in [5.74, 6) is -2.39. The van der Waals surface area contributed by atoms with E-state index in [1.165, 1.54) is 12.2 Å². The van der Waals surface area contributed by atoms with Crippen LogP contribution in [0.4, 0.5) is 0 Å². The summed E-state index contributed by atoms with van der Waals surface area (Å²) in [6.07, 6.45) is 2.24. The van der Waals surface area contributed by atoms with Crippen molar-refractivity contribution >= 4 is 17.3 Å². The molecule has 1 aromatic carbocycles. The SMILES string of the molecule is O=C1C=CC=C(C(=O)C(O)c2ccccc2)C1=O. The lowest BCUT2D eigenvalue weighted by molar-refractivity contribution is -0.134. The molecule has 0 amide bonds. The maximum Gasteiger partial charge on any atom is 0.236 e. The van der Waals surface area contributed by atoms with Gasteiger partial charge in [0.1, 0.15) is 6.10 Å². The summed E-state index contributed by atoms with van der Waals surface area (Å²) in [5, 5.41) is 9.87. The second kappa shape index (κ2) is 4.89. The molecule has 0 saturated carbocycles. The summed E-state index contributed by atoms with van der Waals surface area (Å²) in [4.78, 5) is 34.6. The Morgan fingerprint density at radius 3 is 2.44 bits per heavy atom. The van der Waals surface area contributed by atoms with Crippen molar-refractivity contribution in [2.75, 3.05) is 0 Å². The average molecular weight is 242 g/mol. The molecule has 0 bridgehead atoms. The zero-order valence-electron chi connectivity index (χ0n) is 9.37. The number of Topliss-reactive ketones (excluding diaryl/α,β-unsaturated/α-hetero) is 2. The van der Waals surface area contributed by atoms with E-state index in [0.29, 0.717) is 5.56 Å². The van der Waals surface area contributed by atoms with E-state index in [9.17, 15) is 19.5 Å². The van der Waals surface area contributed by atoms with Crippen molar-refractivity contribution in [3.05, 3.63) is 59.7 Å². The van der Waals surface area contributed by atoms with E-state index in [1.807, 2.05) is 0 Å². The Balaban J connectivity index is 2.28. The van der Waals surface area contributed by atoms with Crippen LogP contribution in [0.2, 0.25) is 0 Å². The lowest BCUT2D eigenvalue weighted by Crippen LogP contribution is -2.26. The van der Waals surface area contributed by atoms with E-state index in [-0.39, 0.29) is 5.57 Å². The minimum atomic E-state index is -1.43. The van der Waals surface area contributed by atoms with Gasteiger partial charge in [0.2, 0.25) is 11.6 Å². The Morgan fingerprint density at radius 1 is 1.11 bits per heavy atom. The summed E-state index contributed by atoms with van der Waals surface area (Å²) in [7, 11) is 0. The molecule has 1 aliphatic carbocycles. The Kier molecular flexibility index (Phi) is 3.30. The number of carbonyl (C=O) groups excluding carboxylic acids is 3. The Labute approximate surface area is 103 Å². The minimum absolute atomic E-state index is 0.279. The molecule has 1 aliphatic rings. The molecular formula is C14H10O4. The van der Waals surface area contributed by atoms with Crippen molar-refractivity contribution in [1.29, 1.82) is 0 Å². The first-order valence-corrected chi connectivity index (χ1v) is 5.35. The maximum atomic E-state index is 11.9. The number of rotatable bonds is 3. The van der Waals surface area contributed by atoms with Crippen LogP contribution < -0.4 is 0 Å². The van der Waals surface area contributed by atoms with Crippen LogP contribution in [-0.4, -0.2) is 22.5 Å². The first-order chi connectivity index (χ1) is 8.61. The van der Waals surface area contributed by atoms with Crippen molar-refractivity contribution in [3.8, 4) is 0 Å². The monoisotopic (exact) mass is 242 g/mol. The molecule has 1 N–H and O–H groups in total. The van der Waals surface area contributed by atoms with E-state index >= 15 is 0 Å². The van der Waals surface area contributed by atoms with E-state index in [1.54, 1.807) is 30.3 Å². The molecule has 90 valence electrons. The van der Waals surface area contributed by atoms with Crippen molar-refractivity contribution < 1.29 is 19.5 Å². The molecule has 18 heavy (non-hydrogen) atoms. The Morgan fingerprint density at radius 2 is 1.78 bits per heavy atom. The van der Waals surface area contributed by atoms with Gasteiger partial charge in [-0.05, 0) is 17.7 Å². The molecule has 0 heterocycles.